The molecule has 1 unspecified atom stereocenters. The van der Waals surface area contributed by atoms with Crippen molar-refractivity contribution in [2.24, 2.45) is 5.10 Å². The fraction of sp³-hybridized carbons (Fsp3) is 0.263. The van der Waals surface area contributed by atoms with Crippen molar-refractivity contribution in [3.8, 4) is 11.1 Å². The molecule has 8 heteroatoms. The van der Waals surface area contributed by atoms with E-state index in [1.54, 1.807) is 7.05 Å². The molecule has 0 radical (unpaired) electrons. The summed E-state index contributed by atoms with van der Waals surface area (Å²) in [6.07, 6.45) is -0.307. The number of hydrazone groups is 1. The summed E-state index contributed by atoms with van der Waals surface area (Å²) in [5.74, 6) is -0.201. The molecular formula is C19H22N4O4. The minimum Gasteiger partial charge on any atom is -0.459 e. The maximum Gasteiger partial charge on any atom is 0.303 e. The zero-order chi connectivity index (χ0) is 19.6. The molecule has 1 aliphatic rings. The highest BCUT2D eigenvalue weighted by Gasteiger charge is 2.25. The summed E-state index contributed by atoms with van der Waals surface area (Å²) in [5.41, 5.74) is 2.55. The van der Waals surface area contributed by atoms with E-state index in [1.165, 1.54) is 23.0 Å². The lowest BCUT2D eigenvalue weighted by Crippen LogP contribution is -2.54. The van der Waals surface area contributed by atoms with Gasteiger partial charge in [0.1, 0.15) is 11.2 Å². The molecule has 2 aromatic rings. The van der Waals surface area contributed by atoms with Crippen LogP contribution in [0.5, 0.6) is 0 Å². The van der Waals surface area contributed by atoms with E-state index in [9.17, 15) is 14.9 Å². The standard InChI is InChI=1S/C12H10.C7H12N4O4/c1-3-7-11(8-4-1)12-9-5-2-6-10-12;1-5(12)15-6-3-8-7(9-11(13)14)10(2)4-6/h1-10H;6H,3-4H2,1-2H3,(H,8,9). The molecule has 0 aliphatic carbocycles. The maximum atomic E-state index is 10.7. The number of guanidine groups is 1. The number of esters is 1. The van der Waals surface area contributed by atoms with Crippen LogP contribution in [0, 0.1) is 10.1 Å². The first-order chi connectivity index (χ1) is 13.0. The summed E-state index contributed by atoms with van der Waals surface area (Å²) >= 11 is 0. The third-order valence-corrected chi connectivity index (χ3v) is 3.72. The predicted molar refractivity (Wildman–Crippen MR) is 102 cm³/mol. The number of carbonyl (C=O) groups is 1. The van der Waals surface area contributed by atoms with E-state index in [0.717, 1.165) is 0 Å². The van der Waals surface area contributed by atoms with Gasteiger partial charge >= 0.3 is 5.97 Å². The van der Waals surface area contributed by atoms with Crippen LogP contribution >= 0.6 is 0 Å². The van der Waals surface area contributed by atoms with Crippen molar-refractivity contribution in [2.75, 3.05) is 20.1 Å². The lowest BCUT2D eigenvalue weighted by atomic mass is 10.1. The molecule has 3 rings (SSSR count). The Morgan fingerprint density at radius 1 is 1.15 bits per heavy atom. The van der Waals surface area contributed by atoms with Gasteiger partial charge in [-0.3, -0.25) is 4.79 Å². The van der Waals surface area contributed by atoms with Gasteiger partial charge < -0.3 is 15.0 Å². The minimum atomic E-state index is -0.773. The average molecular weight is 370 g/mol. The Bertz CT molecular complexity index is 743. The van der Waals surface area contributed by atoms with Gasteiger partial charge in [-0.05, 0) is 11.1 Å². The molecule has 0 aromatic heterocycles. The summed E-state index contributed by atoms with van der Waals surface area (Å²) in [6.45, 7) is 2.04. The molecule has 8 nitrogen and oxygen atoms in total. The predicted octanol–water partition coefficient (Wildman–Crippen LogP) is 2.35. The van der Waals surface area contributed by atoms with E-state index in [2.05, 4.69) is 58.9 Å². The fourth-order valence-electron chi connectivity index (χ4n) is 2.56. The summed E-state index contributed by atoms with van der Waals surface area (Å²) < 4.78 is 4.95. The van der Waals surface area contributed by atoms with Gasteiger partial charge in [-0.2, -0.15) is 0 Å². The smallest absolute Gasteiger partial charge is 0.303 e. The Morgan fingerprint density at radius 3 is 2.07 bits per heavy atom. The second-order valence-electron chi connectivity index (χ2n) is 5.89. The maximum absolute atomic E-state index is 10.7. The molecule has 1 fully saturated rings. The van der Waals surface area contributed by atoms with Crippen LogP contribution in [-0.2, 0) is 9.53 Å². The molecule has 0 saturated carbocycles. The van der Waals surface area contributed by atoms with Crippen molar-refractivity contribution in [1.29, 1.82) is 0 Å². The van der Waals surface area contributed by atoms with Crippen molar-refractivity contribution in [2.45, 2.75) is 13.0 Å². The van der Waals surface area contributed by atoms with Crippen LogP contribution in [0.4, 0.5) is 0 Å². The van der Waals surface area contributed by atoms with Crippen molar-refractivity contribution >= 4 is 11.9 Å². The second-order valence-corrected chi connectivity index (χ2v) is 5.89. The number of nitro groups is 1. The Balaban J connectivity index is 0.000000198. The number of carbonyl (C=O) groups excluding carboxylic acids is 1. The van der Waals surface area contributed by atoms with Crippen molar-refractivity contribution in [1.82, 2.24) is 10.2 Å². The van der Waals surface area contributed by atoms with Crippen LogP contribution < -0.4 is 5.32 Å². The molecule has 1 atom stereocenters. The number of nitrogens with one attached hydrogen (secondary N) is 1. The summed E-state index contributed by atoms with van der Waals surface area (Å²) in [6, 6.07) is 20.8. The number of hydrogen-bond donors (Lipinski definition) is 1. The average Bonchev–Trinajstić information content (AvgIpc) is 2.65. The van der Waals surface area contributed by atoms with Gasteiger partial charge in [-0.1, -0.05) is 60.7 Å². The van der Waals surface area contributed by atoms with Gasteiger partial charge in [0.05, 0.1) is 13.1 Å². The monoisotopic (exact) mass is 370 g/mol. The van der Waals surface area contributed by atoms with Gasteiger partial charge in [0.2, 0.25) is 0 Å². The summed E-state index contributed by atoms with van der Waals surface area (Å²) in [5, 5.41) is 15.2. The van der Waals surface area contributed by atoms with E-state index in [-0.39, 0.29) is 18.0 Å². The SMILES string of the molecule is CC(=O)OC1CN/C(=N/[N+](=O)[O-])N(C)C1.c1ccc(-c2ccccc2)cc1. The van der Waals surface area contributed by atoms with E-state index in [1.807, 2.05) is 12.1 Å². The first kappa shape index (κ1) is 19.9. The molecular weight excluding hydrogens is 348 g/mol. The van der Waals surface area contributed by atoms with Gasteiger partial charge in [-0.25, -0.2) is 10.1 Å². The molecule has 1 N–H and O–H groups in total. The van der Waals surface area contributed by atoms with Crippen molar-refractivity contribution in [3.05, 3.63) is 70.8 Å². The van der Waals surface area contributed by atoms with Crippen molar-refractivity contribution < 1.29 is 14.6 Å². The number of nitrogens with zero attached hydrogens (tertiary/aromatic N) is 3. The van der Waals surface area contributed by atoms with Crippen LogP contribution in [0.25, 0.3) is 11.1 Å². The second kappa shape index (κ2) is 9.91. The normalized spacial score (nSPS) is 17.3. The zero-order valence-electron chi connectivity index (χ0n) is 15.2. The molecule has 0 spiro atoms. The number of ether oxygens (including phenoxy) is 1. The number of benzene rings is 2. The van der Waals surface area contributed by atoms with E-state index >= 15 is 0 Å². The third kappa shape index (κ3) is 6.77. The van der Waals surface area contributed by atoms with Crippen molar-refractivity contribution in [3.63, 3.8) is 0 Å². The van der Waals surface area contributed by atoms with Gasteiger partial charge in [0.15, 0.2) is 5.03 Å². The van der Waals surface area contributed by atoms with Crippen LogP contribution in [0.1, 0.15) is 6.92 Å². The first-order valence-electron chi connectivity index (χ1n) is 8.41. The molecule has 1 heterocycles. The van der Waals surface area contributed by atoms with Crippen LogP contribution in [-0.4, -0.2) is 48.1 Å². The van der Waals surface area contributed by atoms with Crippen LogP contribution in [0.2, 0.25) is 0 Å². The first-order valence-corrected chi connectivity index (χ1v) is 8.41. The molecule has 2 aromatic carbocycles. The molecule has 27 heavy (non-hydrogen) atoms. The Labute approximate surface area is 157 Å². The summed E-state index contributed by atoms with van der Waals surface area (Å²) in [7, 11) is 1.63. The molecule has 1 saturated heterocycles. The highest BCUT2D eigenvalue weighted by atomic mass is 16.7. The fourth-order valence-corrected chi connectivity index (χ4v) is 2.56. The number of rotatable bonds is 3. The molecule has 142 valence electrons. The number of hydrogen-bond acceptors (Lipinski definition) is 4. The molecule has 0 bridgehead atoms. The molecule has 1 aliphatic heterocycles. The Hall–Kier alpha value is -3.42. The minimum absolute atomic E-state index is 0.170. The quantitative estimate of drug-likeness (QED) is 0.506. The topological polar surface area (TPSA) is 97.1 Å². The van der Waals surface area contributed by atoms with E-state index < -0.39 is 5.03 Å². The lowest BCUT2D eigenvalue weighted by molar-refractivity contribution is -0.486. The van der Waals surface area contributed by atoms with E-state index in [4.69, 9.17) is 4.74 Å². The largest absolute Gasteiger partial charge is 0.459 e. The van der Waals surface area contributed by atoms with Gasteiger partial charge in [-0.15, -0.1) is 0 Å². The van der Waals surface area contributed by atoms with Gasteiger partial charge in [0.25, 0.3) is 5.96 Å². The van der Waals surface area contributed by atoms with Crippen LogP contribution in [0.15, 0.2) is 65.8 Å². The highest BCUT2D eigenvalue weighted by Crippen LogP contribution is 2.17. The molecule has 0 amide bonds. The highest BCUT2D eigenvalue weighted by molar-refractivity contribution is 5.80. The van der Waals surface area contributed by atoms with Crippen LogP contribution in [0.3, 0.4) is 0 Å². The Morgan fingerprint density at radius 2 is 1.67 bits per heavy atom. The van der Waals surface area contributed by atoms with E-state index in [0.29, 0.717) is 13.1 Å². The summed E-state index contributed by atoms with van der Waals surface area (Å²) in [4.78, 5) is 22.3. The third-order valence-electron chi connectivity index (χ3n) is 3.72. The van der Waals surface area contributed by atoms with Gasteiger partial charge in [0, 0.05) is 14.0 Å². The Kier molecular flexibility index (Phi) is 7.30. The lowest BCUT2D eigenvalue weighted by Gasteiger charge is -2.30. The number of likely N-dealkylation sites (N-methyl/N-ethyl adjacent to an activating group) is 1. The zero-order valence-corrected chi connectivity index (χ0v) is 15.2.